The summed E-state index contributed by atoms with van der Waals surface area (Å²) >= 11 is 0. The zero-order valence-electron chi connectivity index (χ0n) is 14.1. The molecule has 22 heavy (non-hydrogen) atoms. The van der Waals surface area contributed by atoms with E-state index in [9.17, 15) is 4.79 Å². The molecule has 1 aromatic heterocycles. The zero-order valence-corrected chi connectivity index (χ0v) is 14.1. The minimum absolute atomic E-state index is 0.272. The van der Waals surface area contributed by atoms with Crippen LogP contribution in [0.4, 0.5) is 0 Å². The summed E-state index contributed by atoms with van der Waals surface area (Å²) in [6, 6.07) is 8.82. The van der Waals surface area contributed by atoms with Gasteiger partial charge in [0, 0.05) is 35.6 Å². The van der Waals surface area contributed by atoms with Crippen molar-refractivity contribution in [1.29, 1.82) is 0 Å². The Balaban J connectivity index is 1.71. The molecule has 0 radical (unpaired) electrons. The fourth-order valence-corrected chi connectivity index (χ4v) is 3.36. The quantitative estimate of drug-likeness (QED) is 0.840. The lowest BCUT2D eigenvalue weighted by atomic mass is 9.90. The molecular formula is C19H26N2O. The highest BCUT2D eigenvalue weighted by Gasteiger charge is 2.31. The number of benzene rings is 1. The molecule has 0 spiro atoms. The summed E-state index contributed by atoms with van der Waals surface area (Å²) in [5, 5.41) is 1.29. The second kappa shape index (κ2) is 5.45. The smallest absolute Gasteiger partial charge is 0.227 e. The van der Waals surface area contributed by atoms with Gasteiger partial charge in [-0.2, -0.15) is 0 Å². The fraction of sp³-hybridized carbons (Fsp3) is 0.526. The van der Waals surface area contributed by atoms with Gasteiger partial charge in [-0.3, -0.25) is 4.79 Å². The number of rotatable bonds is 1. The maximum atomic E-state index is 12.4. The first-order valence-corrected chi connectivity index (χ1v) is 8.23. The number of H-pyrrole nitrogens is 1. The monoisotopic (exact) mass is 298 g/mol. The van der Waals surface area contributed by atoms with Crippen LogP contribution >= 0.6 is 0 Å². The number of aromatic amines is 1. The Bertz CT molecular complexity index is 685. The highest BCUT2D eigenvalue weighted by atomic mass is 16.2. The molecule has 3 rings (SSSR count). The maximum Gasteiger partial charge on any atom is 0.227 e. The molecule has 1 aliphatic heterocycles. The third kappa shape index (κ3) is 2.90. The first-order valence-electron chi connectivity index (χ1n) is 8.23. The second-order valence-corrected chi connectivity index (χ2v) is 7.63. The molecule has 1 amide bonds. The molecule has 0 bridgehead atoms. The van der Waals surface area contributed by atoms with Gasteiger partial charge in [-0.1, -0.05) is 32.4 Å². The summed E-state index contributed by atoms with van der Waals surface area (Å²) in [6.45, 7) is 9.87. The number of aryl methyl sites for hydroxylation is 1. The average Bonchev–Trinajstić information content (AvgIpc) is 2.88. The Hall–Kier alpha value is -1.77. The van der Waals surface area contributed by atoms with E-state index < -0.39 is 0 Å². The number of hydrogen-bond acceptors (Lipinski definition) is 1. The Labute approximate surface area is 132 Å². The van der Waals surface area contributed by atoms with Crippen molar-refractivity contribution < 1.29 is 4.79 Å². The predicted octanol–water partition coefficient (Wildman–Crippen LogP) is 4.23. The Morgan fingerprint density at radius 2 is 1.86 bits per heavy atom. The standard InChI is InChI=1S/C19H26N2O/c1-13-5-6-16-15(11-13)12-17(20-16)14-7-9-21(10-8-14)18(22)19(2,3)4/h5-6,11-12,14,20H,7-10H2,1-4H3. The van der Waals surface area contributed by atoms with E-state index in [1.807, 2.05) is 25.7 Å². The molecule has 3 nitrogen and oxygen atoms in total. The molecule has 0 atom stereocenters. The van der Waals surface area contributed by atoms with Crippen LogP contribution in [0.15, 0.2) is 24.3 Å². The van der Waals surface area contributed by atoms with Crippen molar-refractivity contribution in [2.75, 3.05) is 13.1 Å². The van der Waals surface area contributed by atoms with Crippen molar-refractivity contribution in [3.8, 4) is 0 Å². The van der Waals surface area contributed by atoms with Crippen molar-refractivity contribution in [3.05, 3.63) is 35.5 Å². The molecule has 0 unspecified atom stereocenters. The van der Waals surface area contributed by atoms with Crippen LogP contribution in [0.2, 0.25) is 0 Å². The number of carbonyl (C=O) groups is 1. The molecular weight excluding hydrogens is 272 g/mol. The average molecular weight is 298 g/mol. The number of likely N-dealkylation sites (tertiary alicyclic amines) is 1. The normalized spacial score (nSPS) is 17.2. The Morgan fingerprint density at radius 3 is 2.50 bits per heavy atom. The van der Waals surface area contributed by atoms with E-state index in [4.69, 9.17) is 0 Å². The highest BCUT2D eigenvalue weighted by Crippen LogP contribution is 2.31. The highest BCUT2D eigenvalue weighted by molar-refractivity contribution is 5.82. The van der Waals surface area contributed by atoms with E-state index in [-0.39, 0.29) is 11.3 Å². The summed E-state index contributed by atoms with van der Waals surface area (Å²) in [4.78, 5) is 18.0. The summed E-state index contributed by atoms with van der Waals surface area (Å²) < 4.78 is 0. The van der Waals surface area contributed by atoms with E-state index in [0.29, 0.717) is 5.92 Å². The summed E-state index contributed by atoms with van der Waals surface area (Å²) in [7, 11) is 0. The van der Waals surface area contributed by atoms with Gasteiger partial charge in [0.15, 0.2) is 0 Å². The van der Waals surface area contributed by atoms with E-state index in [1.165, 1.54) is 22.2 Å². The van der Waals surface area contributed by atoms with Crippen LogP contribution in [0.5, 0.6) is 0 Å². The molecule has 1 N–H and O–H groups in total. The molecule has 1 aromatic carbocycles. The third-order valence-electron chi connectivity index (χ3n) is 4.66. The molecule has 1 saturated heterocycles. The number of aromatic nitrogens is 1. The minimum Gasteiger partial charge on any atom is -0.358 e. The number of amides is 1. The van der Waals surface area contributed by atoms with Crippen molar-refractivity contribution in [2.45, 2.75) is 46.5 Å². The Morgan fingerprint density at radius 1 is 1.18 bits per heavy atom. The topological polar surface area (TPSA) is 36.1 Å². The van der Waals surface area contributed by atoms with Gasteiger partial charge in [0.25, 0.3) is 0 Å². The van der Waals surface area contributed by atoms with Gasteiger partial charge in [-0.25, -0.2) is 0 Å². The SMILES string of the molecule is Cc1ccc2[nH]c(C3CCN(C(=O)C(C)(C)C)CC3)cc2c1. The van der Waals surface area contributed by atoms with Gasteiger partial charge >= 0.3 is 0 Å². The van der Waals surface area contributed by atoms with Crippen molar-refractivity contribution in [2.24, 2.45) is 5.41 Å². The van der Waals surface area contributed by atoms with Crippen LogP contribution in [0.3, 0.4) is 0 Å². The molecule has 0 aliphatic carbocycles. The minimum atomic E-state index is -0.272. The summed E-state index contributed by atoms with van der Waals surface area (Å²) in [5.74, 6) is 0.815. The van der Waals surface area contributed by atoms with Crippen LogP contribution in [0, 0.1) is 12.3 Å². The molecule has 2 heterocycles. The Kier molecular flexibility index (Phi) is 3.75. The van der Waals surface area contributed by atoms with E-state index in [1.54, 1.807) is 0 Å². The number of fused-ring (bicyclic) bond motifs is 1. The lowest BCUT2D eigenvalue weighted by Crippen LogP contribution is -2.43. The summed E-state index contributed by atoms with van der Waals surface area (Å²) in [5.41, 5.74) is 3.56. The number of carbonyl (C=O) groups excluding carboxylic acids is 1. The third-order valence-corrected chi connectivity index (χ3v) is 4.66. The lowest BCUT2D eigenvalue weighted by Gasteiger charge is -2.35. The number of hydrogen-bond donors (Lipinski definition) is 1. The first-order chi connectivity index (χ1) is 10.3. The molecule has 118 valence electrons. The first kappa shape index (κ1) is 15.1. The van der Waals surface area contributed by atoms with E-state index in [0.717, 1.165) is 25.9 Å². The fourth-order valence-electron chi connectivity index (χ4n) is 3.36. The van der Waals surface area contributed by atoms with Crippen molar-refractivity contribution in [3.63, 3.8) is 0 Å². The van der Waals surface area contributed by atoms with Crippen molar-refractivity contribution >= 4 is 16.8 Å². The second-order valence-electron chi connectivity index (χ2n) is 7.63. The maximum absolute atomic E-state index is 12.4. The van der Waals surface area contributed by atoms with Gasteiger partial charge in [0.2, 0.25) is 5.91 Å². The van der Waals surface area contributed by atoms with Crippen molar-refractivity contribution in [1.82, 2.24) is 9.88 Å². The molecule has 1 fully saturated rings. The van der Waals surface area contributed by atoms with Crippen LogP contribution in [-0.2, 0) is 4.79 Å². The molecule has 0 saturated carbocycles. The largest absolute Gasteiger partial charge is 0.358 e. The van der Waals surface area contributed by atoms with Gasteiger partial charge in [-0.05, 0) is 43.4 Å². The van der Waals surface area contributed by atoms with Gasteiger partial charge in [0.1, 0.15) is 0 Å². The zero-order chi connectivity index (χ0) is 15.9. The predicted molar refractivity (Wildman–Crippen MR) is 91.0 cm³/mol. The summed E-state index contributed by atoms with van der Waals surface area (Å²) in [6.07, 6.45) is 2.10. The van der Waals surface area contributed by atoms with Gasteiger partial charge < -0.3 is 9.88 Å². The van der Waals surface area contributed by atoms with Crippen LogP contribution in [-0.4, -0.2) is 28.9 Å². The van der Waals surface area contributed by atoms with E-state index >= 15 is 0 Å². The van der Waals surface area contributed by atoms with Crippen LogP contribution in [0.1, 0.15) is 50.8 Å². The number of piperidine rings is 1. The molecule has 1 aliphatic rings. The van der Waals surface area contributed by atoms with Crippen LogP contribution in [0.25, 0.3) is 10.9 Å². The van der Waals surface area contributed by atoms with Gasteiger partial charge in [-0.15, -0.1) is 0 Å². The molecule has 3 heteroatoms. The van der Waals surface area contributed by atoms with Crippen LogP contribution < -0.4 is 0 Å². The molecule has 2 aromatic rings. The lowest BCUT2D eigenvalue weighted by molar-refractivity contribution is -0.140. The number of nitrogens with one attached hydrogen (secondary N) is 1. The van der Waals surface area contributed by atoms with E-state index in [2.05, 4.69) is 36.2 Å². The van der Waals surface area contributed by atoms with Gasteiger partial charge in [0.05, 0.1) is 0 Å². The number of nitrogens with zero attached hydrogens (tertiary/aromatic N) is 1.